The number of carbonyl (C=O) groups excluding carboxylic acids is 2. The second kappa shape index (κ2) is 11.4. The van der Waals surface area contributed by atoms with Crippen molar-refractivity contribution in [2.75, 3.05) is 6.61 Å². The molecule has 0 aromatic heterocycles. The minimum Gasteiger partial charge on any atom is -0.480 e. The fraction of sp³-hybridized carbons (Fsp3) is 0.300. The Morgan fingerprint density at radius 2 is 1.47 bits per heavy atom. The average molecular weight is 517 g/mol. The molecule has 0 radical (unpaired) electrons. The molecule has 8 nitrogen and oxygen atoms in total. The molecular weight excluding hydrogens is 484 g/mol. The molecule has 4 rings (SSSR count). The van der Waals surface area contributed by atoms with Gasteiger partial charge in [0.2, 0.25) is 0 Å². The summed E-state index contributed by atoms with van der Waals surface area (Å²) >= 11 is 0. The second-order valence-electron chi connectivity index (χ2n) is 10.2. The minimum absolute atomic E-state index is 0.0554. The number of aliphatic carboxylic acids is 1. The minimum atomic E-state index is -1.18. The van der Waals surface area contributed by atoms with E-state index in [1.165, 1.54) is 0 Å². The number of rotatable bonds is 8. The largest absolute Gasteiger partial charge is 0.480 e. The van der Waals surface area contributed by atoms with Crippen LogP contribution in [0.1, 0.15) is 48.9 Å². The van der Waals surface area contributed by atoms with Crippen molar-refractivity contribution in [2.45, 2.75) is 51.3 Å². The highest BCUT2D eigenvalue weighted by molar-refractivity contribution is 5.81. The second-order valence-corrected chi connectivity index (χ2v) is 10.2. The molecule has 2 amide bonds. The van der Waals surface area contributed by atoms with Crippen molar-refractivity contribution in [1.82, 2.24) is 10.6 Å². The number of alkyl carbamates (subject to hydrolysis) is 2. The van der Waals surface area contributed by atoms with Gasteiger partial charge in [0.15, 0.2) is 0 Å². The third-order valence-corrected chi connectivity index (χ3v) is 6.20. The Morgan fingerprint density at radius 1 is 0.868 bits per heavy atom. The first-order chi connectivity index (χ1) is 18.1. The van der Waals surface area contributed by atoms with E-state index in [0.29, 0.717) is 5.56 Å². The van der Waals surface area contributed by atoms with Gasteiger partial charge in [0.05, 0.1) is 0 Å². The van der Waals surface area contributed by atoms with Crippen LogP contribution in [-0.2, 0) is 27.2 Å². The molecule has 1 aliphatic carbocycles. The van der Waals surface area contributed by atoms with Gasteiger partial charge in [0, 0.05) is 18.9 Å². The number of carboxylic acid groups (broad SMARTS) is 1. The van der Waals surface area contributed by atoms with Crippen molar-refractivity contribution in [3.8, 4) is 11.1 Å². The normalized spacial score (nSPS) is 13.1. The van der Waals surface area contributed by atoms with Gasteiger partial charge in [-0.05, 0) is 54.2 Å². The van der Waals surface area contributed by atoms with E-state index in [9.17, 15) is 19.5 Å². The molecule has 38 heavy (non-hydrogen) atoms. The van der Waals surface area contributed by atoms with Gasteiger partial charge in [-0.15, -0.1) is 0 Å². The number of fused-ring (bicyclic) bond motifs is 3. The summed E-state index contributed by atoms with van der Waals surface area (Å²) in [5, 5.41) is 14.9. The number of carbonyl (C=O) groups is 3. The van der Waals surface area contributed by atoms with E-state index in [-0.39, 0.29) is 25.5 Å². The molecule has 3 aromatic carbocycles. The fourth-order valence-corrected chi connectivity index (χ4v) is 4.57. The van der Waals surface area contributed by atoms with Crippen LogP contribution in [0.15, 0.2) is 72.8 Å². The average Bonchev–Trinajstić information content (AvgIpc) is 3.19. The lowest BCUT2D eigenvalue weighted by Crippen LogP contribution is -2.43. The molecule has 0 spiro atoms. The maximum absolute atomic E-state index is 12.6. The number of hydrogen-bond acceptors (Lipinski definition) is 5. The summed E-state index contributed by atoms with van der Waals surface area (Å²) in [4.78, 5) is 36.5. The van der Waals surface area contributed by atoms with E-state index in [1.54, 1.807) is 39.0 Å². The summed E-state index contributed by atoms with van der Waals surface area (Å²) in [5.41, 5.74) is 5.24. The zero-order valence-corrected chi connectivity index (χ0v) is 21.7. The number of benzene rings is 3. The van der Waals surface area contributed by atoms with Crippen LogP contribution in [0.25, 0.3) is 11.1 Å². The predicted octanol–water partition coefficient (Wildman–Crippen LogP) is 5.25. The van der Waals surface area contributed by atoms with Gasteiger partial charge in [-0.1, -0.05) is 72.8 Å². The van der Waals surface area contributed by atoms with Crippen molar-refractivity contribution in [3.63, 3.8) is 0 Å². The maximum atomic E-state index is 12.6. The molecule has 0 bridgehead atoms. The smallest absolute Gasteiger partial charge is 0.407 e. The molecule has 0 saturated carbocycles. The van der Waals surface area contributed by atoms with E-state index in [1.807, 2.05) is 54.6 Å². The van der Waals surface area contributed by atoms with Crippen LogP contribution in [0.5, 0.6) is 0 Å². The predicted molar refractivity (Wildman–Crippen MR) is 143 cm³/mol. The first-order valence-electron chi connectivity index (χ1n) is 12.5. The van der Waals surface area contributed by atoms with Crippen LogP contribution < -0.4 is 10.6 Å². The first kappa shape index (κ1) is 26.7. The number of nitrogens with one attached hydrogen (secondary N) is 2. The van der Waals surface area contributed by atoms with E-state index < -0.39 is 29.8 Å². The SMILES string of the molecule is CC(C)(C)OC(=O)NCc1cccc(C[C@H](NC(=O)OCC2c3ccccc3-c3ccccc32)C(=O)O)c1. The standard InChI is InChI=1S/C30H32N2O6/c1-30(2,3)38-28(35)31-17-20-10-8-9-19(15-20)16-26(27(33)34)32-29(36)37-18-25-23-13-6-4-11-21(23)22-12-5-7-14-24(22)25/h4-15,25-26H,16-18H2,1-3H3,(H,31,35)(H,32,36)(H,33,34)/t26-/m0/s1. The number of carboxylic acids is 1. The van der Waals surface area contributed by atoms with Gasteiger partial charge in [0.1, 0.15) is 18.2 Å². The Hall–Kier alpha value is -4.33. The summed E-state index contributed by atoms with van der Waals surface area (Å²) in [6.45, 7) is 5.66. The molecule has 1 atom stereocenters. The summed E-state index contributed by atoms with van der Waals surface area (Å²) in [5.74, 6) is -1.29. The van der Waals surface area contributed by atoms with E-state index >= 15 is 0 Å². The van der Waals surface area contributed by atoms with E-state index in [2.05, 4.69) is 10.6 Å². The highest BCUT2D eigenvalue weighted by Crippen LogP contribution is 2.44. The molecule has 0 fully saturated rings. The van der Waals surface area contributed by atoms with E-state index in [4.69, 9.17) is 9.47 Å². The van der Waals surface area contributed by atoms with Crippen LogP contribution in [0.4, 0.5) is 9.59 Å². The highest BCUT2D eigenvalue weighted by atomic mass is 16.6. The Kier molecular flexibility index (Phi) is 8.00. The van der Waals surface area contributed by atoms with Crippen molar-refractivity contribution in [1.29, 1.82) is 0 Å². The highest BCUT2D eigenvalue weighted by Gasteiger charge is 2.30. The Labute approximate surface area is 222 Å². The number of hydrogen-bond donors (Lipinski definition) is 3. The Balaban J connectivity index is 1.35. The van der Waals surface area contributed by atoms with Crippen molar-refractivity contribution >= 4 is 18.2 Å². The topological polar surface area (TPSA) is 114 Å². The number of amides is 2. The zero-order valence-electron chi connectivity index (χ0n) is 21.7. The van der Waals surface area contributed by atoms with Gasteiger partial charge >= 0.3 is 18.2 Å². The molecule has 0 heterocycles. The molecule has 0 unspecified atom stereocenters. The van der Waals surface area contributed by atoms with Crippen LogP contribution in [-0.4, -0.2) is 41.5 Å². The number of ether oxygens (including phenoxy) is 2. The van der Waals surface area contributed by atoms with Crippen molar-refractivity contribution in [3.05, 3.63) is 95.1 Å². The summed E-state index contributed by atoms with van der Waals surface area (Å²) in [6, 6.07) is 22.0. The van der Waals surface area contributed by atoms with Gasteiger partial charge in [0.25, 0.3) is 0 Å². The first-order valence-corrected chi connectivity index (χ1v) is 12.5. The zero-order chi connectivity index (χ0) is 27.3. The lowest BCUT2D eigenvalue weighted by molar-refractivity contribution is -0.139. The molecule has 3 N–H and O–H groups in total. The molecular formula is C30H32N2O6. The molecule has 0 saturated heterocycles. The monoisotopic (exact) mass is 516 g/mol. The third kappa shape index (κ3) is 6.70. The molecule has 3 aromatic rings. The van der Waals surface area contributed by atoms with Crippen LogP contribution >= 0.6 is 0 Å². The molecule has 1 aliphatic rings. The van der Waals surface area contributed by atoms with Crippen LogP contribution in [0.3, 0.4) is 0 Å². The third-order valence-electron chi connectivity index (χ3n) is 6.20. The van der Waals surface area contributed by atoms with Gasteiger partial charge < -0.3 is 25.2 Å². The van der Waals surface area contributed by atoms with Crippen LogP contribution in [0.2, 0.25) is 0 Å². The Bertz CT molecular complexity index is 1280. The van der Waals surface area contributed by atoms with Gasteiger partial charge in [-0.25, -0.2) is 14.4 Å². The Morgan fingerprint density at radius 3 is 2.08 bits per heavy atom. The quantitative estimate of drug-likeness (QED) is 0.377. The van der Waals surface area contributed by atoms with Gasteiger partial charge in [-0.3, -0.25) is 0 Å². The van der Waals surface area contributed by atoms with Crippen molar-refractivity contribution < 1.29 is 29.0 Å². The molecule has 198 valence electrons. The van der Waals surface area contributed by atoms with Gasteiger partial charge in [-0.2, -0.15) is 0 Å². The van der Waals surface area contributed by atoms with E-state index in [0.717, 1.165) is 27.8 Å². The summed E-state index contributed by atoms with van der Waals surface area (Å²) in [7, 11) is 0. The van der Waals surface area contributed by atoms with Crippen LogP contribution in [0, 0.1) is 0 Å². The molecule has 8 heteroatoms. The lowest BCUT2D eigenvalue weighted by Gasteiger charge is -2.20. The van der Waals surface area contributed by atoms with Crippen molar-refractivity contribution in [2.24, 2.45) is 0 Å². The summed E-state index contributed by atoms with van der Waals surface area (Å²) in [6.07, 6.45) is -1.27. The lowest BCUT2D eigenvalue weighted by atomic mass is 9.98. The maximum Gasteiger partial charge on any atom is 0.407 e. The summed E-state index contributed by atoms with van der Waals surface area (Å²) < 4.78 is 10.8. The fourth-order valence-electron chi connectivity index (χ4n) is 4.57. The molecule has 0 aliphatic heterocycles.